The van der Waals surface area contributed by atoms with Crippen molar-refractivity contribution < 1.29 is 4.74 Å². The molecule has 1 fully saturated rings. The van der Waals surface area contributed by atoms with Crippen molar-refractivity contribution in [2.24, 2.45) is 5.92 Å². The Balaban J connectivity index is 1.77. The lowest BCUT2D eigenvalue weighted by Gasteiger charge is -2.29. The molecule has 2 aliphatic heterocycles. The van der Waals surface area contributed by atoms with Gasteiger partial charge >= 0.3 is 0 Å². The van der Waals surface area contributed by atoms with Gasteiger partial charge in [-0.15, -0.1) is 0 Å². The van der Waals surface area contributed by atoms with Crippen molar-refractivity contribution in [2.45, 2.75) is 32.1 Å². The molecule has 0 spiro atoms. The lowest BCUT2D eigenvalue weighted by atomic mass is 9.89. The first-order valence-electron chi connectivity index (χ1n) is 6.29. The molecule has 0 saturated carbocycles. The molecule has 0 unspecified atom stereocenters. The van der Waals surface area contributed by atoms with Gasteiger partial charge in [0.1, 0.15) is 0 Å². The fraction of sp³-hybridized carbons (Fsp3) is 0.846. The van der Waals surface area contributed by atoms with Gasteiger partial charge in [0.2, 0.25) is 0 Å². The van der Waals surface area contributed by atoms with Crippen LogP contribution in [0.1, 0.15) is 32.1 Å². The largest absolute Gasteiger partial charge is 0.381 e. The second-order valence-electron chi connectivity index (χ2n) is 4.96. The van der Waals surface area contributed by atoms with Crippen LogP contribution in [0.2, 0.25) is 0 Å². The third-order valence-electron chi connectivity index (χ3n) is 3.65. The highest BCUT2D eigenvalue weighted by molar-refractivity contribution is 5.04. The highest BCUT2D eigenvalue weighted by Crippen LogP contribution is 2.25. The maximum atomic E-state index is 5.47. The van der Waals surface area contributed by atoms with Gasteiger partial charge in [-0.1, -0.05) is 11.6 Å². The molecule has 2 aliphatic rings. The van der Waals surface area contributed by atoms with Gasteiger partial charge in [-0.25, -0.2) is 0 Å². The highest BCUT2D eigenvalue weighted by atomic mass is 16.5. The van der Waals surface area contributed by atoms with E-state index in [0.29, 0.717) is 0 Å². The molecule has 0 radical (unpaired) electrons. The van der Waals surface area contributed by atoms with Crippen LogP contribution >= 0.6 is 0 Å². The number of rotatable bonds is 2. The molecule has 2 nitrogen and oxygen atoms in total. The van der Waals surface area contributed by atoms with E-state index in [2.05, 4.69) is 18.0 Å². The van der Waals surface area contributed by atoms with Crippen molar-refractivity contribution in [2.75, 3.05) is 33.4 Å². The lowest BCUT2D eigenvalue weighted by molar-refractivity contribution is 0.145. The van der Waals surface area contributed by atoms with E-state index < -0.39 is 0 Å². The summed E-state index contributed by atoms with van der Waals surface area (Å²) in [4.78, 5) is 2.45. The summed E-state index contributed by atoms with van der Waals surface area (Å²) in [7, 11) is 2.23. The van der Waals surface area contributed by atoms with Crippen LogP contribution in [0.15, 0.2) is 11.6 Å². The monoisotopic (exact) mass is 209 g/mol. The summed E-state index contributed by atoms with van der Waals surface area (Å²) in [5, 5.41) is 0. The molecule has 0 aromatic heterocycles. The predicted molar refractivity (Wildman–Crippen MR) is 63.0 cm³/mol. The number of ether oxygens (including phenoxy) is 1. The Morgan fingerprint density at radius 3 is 2.93 bits per heavy atom. The van der Waals surface area contributed by atoms with E-state index in [9.17, 15) is 0 Å². The molecule has 86 valence electrons. The van der Waals surface area contributed by atoms with Crippen molar-refractivity contribution in [3.8, 4) is 0 Å². The Morgan fingerprint density at radius 2 is 2.13 bits per heavy atom. The van der Waals surface area contributed by atoms with Gasteiger partial charge < -0.3 is 9.64 Å². The molecule has 2 heterocycles. The number of hydrogen-bond acceptors (Lipinski definition) is 2. The molecule has 1 saturated heterocycles. The van der Waals surface area contributed by atoms with Crippen LogP contribution < -0.4 is 0 Å². The first-order chi connectivity index (χ1) is 7.34. The highest BCUT2D eigenvalue weighted by Gasteiger charge is 2.18. The molecule has 0 atom stereocenters. The van der Waals surface area contributed by atoms with Gasteiger partial charge in [0.15, 0.2) is 0 Å². The minimum Gasteiger partial charge on any atom is -0.381 e. The van der Waals surface area contributed by atoms with E-state index in [-0.39, 0.29) is 0 Å². The Kier molecular flexibility index (Phi) is 4.21. The Labute approximate surface area is 93.3 Å². The van der Waals surface area contributed by atoms with Crippen molar-refractivity contribution in [3.63, 3.8) is 0 Å². The first kappa shape index (κ1) is 11.2. The van der Waals surface area contributed by atoms with Crippen LogP contribution in [0.4, 0.5) is 0 Å². The molecule has 2 heteroatoms. The summed E-state index contributed by atoms with van der Waals surface area (Å²) >= 11 is 0. The van der Waals surface area contributed by atoms with Gasteiger partial charge in [-0.2, -0.15) is 0 Å². The molecule has 0 aromatic carbocycles. The Morgan fingerprint density at radius 1 is 1.33 bits per heavy atom. The number of nitrogens with zero attached hydrogens (tertiary/aromatic N) is 1. The fourth-order valence-corrected chi connectivity index (χ4v) is 2.58. The molecule has 0 aromatic rings. The SMILES string of the molecule is CN1CCC(CC2=CCCOCC2)CC1. The third kappa shape index (κ3) is 3.62. The van der Waals surface area contributed by atoms with E-state index in [1.165, 1.54) is 38.8 Å². The van der Waals surface area contributed by atoms with Crippen LogP contribution in [0.25, 0.3) is 0 Å². The molecule has 0 N–H and O–H groups in total. The normalized spacial score (nSPS) is 26.1. The van der Waals surface area contributed by atoms with Gasteiger partial charge in [0.05, 0.1) is 13.2 Å². The van der Waals surface area contributed by atoms with Gasteiger partial charge in [-0.3, -0.25) is 0 Å². The summed E-state index contributed by atoms with van der Waals surface area (Å²) in [5.74, 6) is 0.936. The summed E-state index contributed by atoms with van der Waals surface area (Å²) in [6, 6.07) is 0. The molecule has 0 bridgehead atoms. The van der Waals surface area contributed by atoms with E-state index in [1.807, 2.05) is 0 Å². The van der Waals surface area contributed by atoms with Crippen LogP contribution in [-0.2, 0) is 4.74 Å². The zero-order chi connectivity index (χ0) is 10.5. The average molecular weight is 209 g/mol. The van der Waals surface area contributed by atoms with Crippen molar-refractivity contribution in [1.82, 2.24) is 4.90 Å². The number of hydrogen-bond donors (Lipinski definition) is 0. The minimum atomic E-state index is 0.927. The maximum absolute atomic E-state index is 5.47. The third-order valence-corrected chi connectivity index (χ3v) is 3.65. The topological polar surface area (TPSA) is 12.5 Å². The molecule has 0 amide bonds. The first-order valence-corrected chi connectivity index (χ1v) is 6.29. The summed E-state index contributed by atoms with van der Waals surface area (Å²) in [5.41, 5.74) is 1.65. The predicted octanol–water partition coefficient (Wildman–Crippen LogP) is 2.46. The van der Waals surface area contributed by atoms with Crippen LogP contribution in [-0.4, -0.2) is 38.3 Å². The summed E-state index contributed by atoms with van der Waals surface area (Å²) in [6.45, 7) is 4.44. The smallest absolute Gasteiger partial charge is 0.0503 e. The molecule has 0 aliphatic carbocycles. The van der Waals surface area contributed by atoms with E-state index >= 15 is 0 Å². The van der Waals surface area contributed by atoms with Gasteiger partial charge in [0, 0.05) is 0 Å². The van der Waals surface area contributed by atoms with Crippen LogP contribution in [0, 0.1) is 5.92 Å². The Bertz CT molecular complexity index is 217. The fourth-order valence-electron chi connectivity index (χ4n) is 2.58. The summed E-state index contributed by atoms with van der Waals surface area (Å²) < 4.78 is 5.47. The quantitative estimate of drug-likeness (QED) is 0.648. The maximum Gasteiger partial charge on any atom is 0.0503 e. The number of piperidine rings is 1. The second-order valence-corrected chi connectivity index (χ2v) is 4.96. The zero-order valence-corrected chi connectivity index (χ0v) is 9.87. The lowest BCUT2D eigenvalue weighted by Crippen LogP contribution is -2.30. The summed E-state index contributed by atoms with van der Waals surface area (Å²) in [6.07, 6.45) is 8.82. The van der Waals surface area contributed by atoms with Gasteiger partial charge in [0.25, 0.3) is 0 Å². The van der Waals surface area contributed by atoms with E-state index in [0.717, 1.165) is 25.6 Å². The van der Waals surface area contributed by atoms with Crippen molar-refractivity contribution in [1.29, 1.82) is 0 Å². The average Bonchev–Trinajstić information content (AvgIpc) is 2.50. The van der Waals surface area contributed by atoms with Crippen molar-refractivity contribution in [3.05, 3.63) is 11.6 Å². The Hall–Kier alpha value is -0.340. The minimum absolute atomic E-state index is 0.927. The van der Waals surface area contributed by atoms with Gasteiger partial charge in [-0.05, 0) is 58.2 Å². The number of likely N-dealkylation sites (tertiary alicyclic amines) is 1. The second kappa shape index (κ2) is 5.66. The van der Waals surface area contributed by atoms with Crippen LogP contribution in [0.3, 0.4) is 0 Å². The van der Waals surface area contributed by atoms with Crippen molar-refractivity contribution >= 4 is 0 Å². The standard InChI is InChI=1S/C13H23NO/c1-14-7-4-13(5-8-14)11-12-3-2-9-15-10-6-12/h3,13H,2,4-11H2,1H3. The van der Waals surface area contributed by atoms with E-state index in [4.69, 9.17) is 4.74 Å². The molecule has 15 heavy (non-hydrogen) atoms. The van der Waals surface area contributed by atoms with Crippen LogP contribution in [0.5, 0.6) is 0 Å². The van der Waals surface area contributed by atoms with E-state index in [1.54, 1.807) is 5.57 Å². The molecular weight excluding hydrogens is 186 g/mol. The zero-order valence-electron chi connectivity index (χ0n) is 9.87. The molecule has 2 rings (SSSR count). The molecular formula is C13H23NO.